The van der Waals surface area contributed by atoms with Gasteiger partial charge in [-0.15, -0.1) is 0 Å². The number of aromatic nitrogens is 3. The van der Waals surface area contributed by atoms with Crippen molar-refractivity contribution in [2.75, 3.05) is 19.7 Å². The summed E-state index contributed by atoms with van der Waals surface area (Å²) in [5, 5.41) is 11.7. The predicted octanol–water partition coefficient (Wildman–Crippen LogP) is 2.65. The summed E-state index contributed by atoms with van der Waals surface area (Å²) in [7, 11) is 1.98. The van der Waals surface area contributed by atoms with Gasteiger partial charge in [-0.25, -0.2) is 9.98 Å². The number of rotatable bonds is 8. The van der Waals surface area contributed by atoms with E-state index in [2.05, 4.69) is 46.5 Å². The van der Waals surface area contributed by atoms with E-state index >= 15 is 0 Å². The Morgan fingerprint density at radius 1 is 1.41 bits per heavy atom. The fraction of sp³-hybridized carbons (Fsp3) is 0.526. The minimum atomic E-state index is 0.218. The summed E-state index contributed by atoms with van der Waals surface area (Å²) < 4.78 is 7.51. The van der Waals surface area contributed by atoms with E-state index in [4.69, 9.17) is 16.3 Å². The van der Waals surface area contributed by atoms with Crippen molar-refractivity contribution in [3.63, 3.8) is 0 Å². The number of ether oxygens (including phenoxy) is 1. The van der Waals surface area contributed by atoms with Crippen LogP contribution in [0.4, 0.5) is 0 Å². The number of hydrogen-bond acceptors (Lipinski definition) is 4. The Morgan fingerprint density at radius 3 is 2.81 bits per heavy atom. The van der Waals surface area contributed by atoms with Gasteiger partial charge in [-0.2, -0.15) is 5.10 Å². The maximum Gasteiger partial charge on any atom is 0.232 e. The van der Waals surface area contributed by atoms with Crippen molar-refractivity contribution in [2.24, 2.45) is 12.0 Å². The van der Waals surface area contributed by atoms with Gasteiger partial charge in [0.25, 0.3) is 0 Å². The topological polar surface area (TPSA) is 76.4 Å². The minimum Gasteiger partial charge on any atom is -0.475 e. The number of nitrogens with zero attached hydrogens (tertiary/aromatic N) is 4. The van der Waals surface area contributed by atoms with E-state index in [-0.39, 0.29) is 6.04 Å². The number of pyridine rings is 1. The average molecular weight is 393 g/mol. The van der Waals surface area contributed by atoms with Gasteiger partial charge >= 0.3 is 0 Å². The van der Waals surface area contributed by atoms with Crippen LogP contribution in [-0.2, 0) is 13.5 Å². The SMILES string of the molecule is CCNC(=NCCOc1ncccc1Cl)NC(C)Cc1c(C)nn(C)c1C. The molecule has 0 fully saturated rings. The van der Waals surface area contributed by atoms with Crippen molar-refractivity contribution in [1.29, 1.82) is 0 Å². The average Bonchev–Trinajstić information content (AvgIpc) is 2.86. The number of aliphatic imine (C=N–C) groups is 1. The fourth-order valence-corrected chi connectivity index (χ4v) is 2.98. The van der Waals surface area contributed by atoms with E-state index < -0.39 is 0 Å². The molecule has 0 aliphatic heterocycles. The molecule has 1 atom stereocenters. The van der Waals surface area contributed by atoms with Gasteiger partial charge in [0.05, 0.1) is 12.2 Å². The van der Waals surface area contributed by atoms with Crippen molar-refractivity contribution in [3.05, 3.63) is 40.3 Å². The van der Waals surface area contributed by atoms with Gasteiger partial charge in [0, 0.05) is 31.5 Å². The summed E-state index contributed by atoms with van der Waals surface area (Å²) in [4.78, 5) is 8.67. The summed E-state index contributed by atoms with van der Waals surface area (Å²) in [6.45, 7) is 10.0. The van der Waals surface area contributed by atoms with Crippen molar-refractivity contribution >= 4 is 17.6 Å². The molecule has 7 nitrogen and oxygen atoms in total. The molecule has 0 saturated carbocycles. The first-order valence-corrected chi connectivity index (χ1v) is 9.57. The highest BCUT2D eigenvalue weighted by Gasteiger charge is 2.14. The molecule has 8 heteroatoms. The maximum absolute atomic E-state index is 6.03. The van der Waals surface area contributed by atoms with E-state index in [1.165, 1.54) is 11.3 Å². The molecular formula is C19H29ClN6O. The zero-order valence-corrected chi connectivity index (χ0v) is 17.5. The quantitative estimate of drug-likeness (QED) is 0.410. The molecule has 148 valence electrons. The van der Waals surface area contributed by atoms with Crippen LogP contribution in [-0.4, -0.2) is 46.5 Å². The molecule has 2 aromatic rings. The molecule has 0 aromatic carbocycles. The number of halogens is 1. The Hall–Kier alpha value is -2.28. The Bertz CT molecular complexity index is 774. The summed E-state index contributed by atoms with van der Waals surface area (Å²) in [6.07, 6.45) is 2.54. The standard InChI is InChI=1S/C19H29ClN6O/c1-6-21-19(23-10-11-27-18-17(20)8-7-9-22-18)24-13(2)12-16-14(3)25-26(5)15(16)4/h7-9,13H,6,10-12H2,1-5H3,(H2,21,23,24). The van der Waals surface area contributed by atoms with E-state index in [1.807, 2.05) is 18.7 Å². The second-order valence-corrected chi connectivity index (χ2v) is 6.83. The van der Waals surface area contributed by atoms with Crippen LogP contribution in [0.2, 0.25) is 5.02 Å². The molecule has 0 saturated heterocycles. The largest absolute Gasteiger partial charge is 0.475 e. The molecule has 0 aliphatic rings. The Morgan fingerprint density at radius 2 is 2.19 bits per heavy atom. The molecule has 27 heavy (non-hydrogen) atoms. The van der Waals surface area contributed by atoms with Crippen LogP contribution in [0.3, 0.4) is 0 Å². The molecule has 2 rings (SSSR count). The minimum absolute atomic E-state index is 0.218. The number of hydrogen-bond donors (Lipinski definition) is 2. The van der Waals surface area contributed by atoms with Crippen molar-refractivity contribution < 1.29 is 4.74 Å². The lowest BCUT2D eigenvalue weighted by Gasteiger charge is -2.18. The zero-order chi connectivity index (χ0) is 19.8. The molecule has 0 amide bonds. The Labute approximate surface area is 166 Å². The van der Waals surface area contributed by atoms with E-state index in [1.54, 1.807) is 18.3 Å². The van der Waals surface area contributed by atoms with E-state index in [9.17, 15) is 0 Å². The summed E-state index contributed by atoms with van der Waals surface area (Å²) in [6, 6.07) is 3.74. The highest BCUT2D eigenvalue weighted by molar-refractivity contribution is 6.31. The fourth-order valence-electron chi connectivity index (χ4n) is 2.80. The maximum atomic E-state index is 6.03. The van der Waals surface area contributed by atoms with Gasteiger partial charge in [0.15, 0.2) is 5.96 Å². The first kappa shape index (κ1) is 21.0. The van der Waals surface area contributed by atoms with Crippen LogP contribution >= 0.6 is 11.6 Å². The second kappa shape index (κ2) is 10.2. The highest BCUT2D eigenvalue weighted by atomic mass is 35.5. The lowest BCUT2D eigenvalue weighted by molar-refractivity contribution is 0.316. The highest BCUT2D eigenvalue weighted by Crippen LogP contribution is 2.19. The lowest BCUT2D eigenvalue weighted by Crippen LogP contribution is -2.43. The molecule has 0 radical (unpaired) electrons. The third-order valence-corrected chi connectivity index (χ3v) is 4.51. The van der Waals surface area contributed by atoms with Crippen molar-refractivity contribution in [3.8, 4) is 5.88 Å². The molecule has 2 heterocycles. The Balaban J connectivity index is 1.89. The van der Waals surface area contributed by atoms with Gasteiger partial charge in [-0.1, -0.05) is 11.6 Å². The second-order valence-electron chi connectivity index (χ2n) is 6.42. The third kappa shape index (κ3) is 6.13. The normalized spacial score (nSPS) is 12.7. The molecule has 0 aliphatic carbocycles. The van der Waals surface area contributed by atoms with Crippen molar-refractivity contribution in [2.45, 2.75) is 40.2 Å². The summed E-state index contributed by atoms with van der Waals surface area (Å²) >= 11 is 6.03. The monoisotopic (exact) mass is 392 g/mol. The van der Waals surface area contributed by atoms with Crippen LogP contribution in [0.5, 0.6) is 5.88 Å². The smallest absolute Gasteiger partial charge is 0.232 e. The number of guanidine groups is 1. The van der Waals surface area contributed by atoms with Gasteiger partial charge in [0.2, 0.25) is 5.88 Å². The lowest BCUT2D eigenvalue weighted by atomic mass is 10.1. The molecular weight excluding hydrogens is 364 g/mol. The number of nitrogens with one attached hydrogen (secondary N) is 2. The van der Waals surface area contributed by atoms with Crippen LogP contribution < -0.4 is 15.4 Å². The predicted molar refractivity (Wildman–Crippen MR) is 110 cm³/mol. The van der Waals surface area contributed by atoms with Crippen LogP contribution in [0.1, 0.15) is 30.8 Å². The van der Waals surface area contributed by atoms with Crippen LogP contribution in [0, 0.1) is 13.8 Å². The van der Waals surface area contributed by atoms with Crippen molar-refractivity contribution in [1.82, 2.24) is 25.4 Å². The number of aryl methyl sites for hydroxylation is 2. The van der Waals surface area contributed by atoms with Gasteiger partial charge < -0.3 is 15.4 Å². The molecule has 0 bridgehead atoms. The van der Waals surface area contributed by atoms with E-state index in [0.29, 0.717) is 24.1 Å². The third-order valence-electron chi connectivity index (χ3n) is 4.22. The Kier molecular flexibility index (Phi) is 7.91. The molecule has 2 N–H and O–H groups in total. The zero-order valence-electron chi connectivity index (χ0n) is 16.7. The van der Waals surface area contributed by atoms with Gasteiger partial charge in [0.1, 0.15) is 11.6 Å². The van der Waals surface area contributed by atoms with Gasteiger partial charge in [-0.05, 0) is 51.8 Å². The van der Waals surface area contributed by atoms with Gasteiger partial charge in [-0.3, -0.25) is 4.68 Å². The first-order chi connectivity index (χ1) is 12.9. The molecule has 1 unspecified atom stereocenters. The van der Waals surface area contributed by atoms with Crippen LogP contribution in [0.15, 0.2) is 23.3 Å². The van der Waals surface area contributed by atoms with E-state index in [0.717, 1.165) is 24.6 Å². The summed E-state index contributed by atoms with van der Waals surface area (Å²) in [5.41, 5.74) is 3.55. The molecule has 2 aromatic heterocycles. The first-order valence-electron chi connectivity index (χ1n) is 9.19. The van der Waals surface area contributed by atoms with Crippen LogP contribution in [0.25, 0.3) is 0 Å². The summed E-state index contributed by atoms with van der Waals surface area (Å²) in [5.74, 6) is 1.20. The molecule has 0 spiro atoms.